The Morgan fingerprint density at radius 3 is 2.44 bits per heavy atom. The predicted octanol–water partition coefficient (Wildman–Crippen LogP) is 1.94. The fourth-order valence-electron chi connectivity index (χ4n) is 3.64. The Kier molecular flexibility index (Phi) is 2.77. The van der Waals surface area contributed by atoms with Crippen LogP contribution in [0.1, 0.15) is 33.1 Å². The molecule has 2 aliphatic carbocycles. The quantitative estimate of drug-likeness (QED) is 0.744. The molecule has 0 unspecified atom stereocenters. The van der Waals surface area contributed by atoms with Gasteiger partial charge in [0, 0.05) is 16.7 Å². The van der Waals surface area contributed by atoms with Gasteiger partial charge in [0.25, 0.3) is 0 Å². The Morgan fingerprint density at radius 1 is 1.50 bits per heavy atom. The number of nitrogens with two attached hydrogens (primary N) is 1. The first kappa shape index (κ1) is 12.8. The van der Waals surface area contributed by atoms with Crippen molar-refractivity contribution in [2.24, 2.45) is 16.6 Å². The second-order valence-corrected chi connectivity index (χ2v) is 8.10. The molecular weight excluding hydrogens is 338 g/mol. The molecule has 92 valence electrons. The zero-order valence-electron chi connectivity index (χ0n) is 9.46. The smallest absolute Gasteiger partial charge is 0.218 e. The van der Waals surface area contributed by atoms with E-state index in [2.05, 4.69) is 31.9 Å². The monoisotopic (exact) mass is 353 g/mol. The topological polar surface area (TPSA) is 63.3 Å². The van der Waals surface area contributed by atoms with Crippen LogP contribution in [0.25, 0.3) is 0 Å². The normalized spacial score (nSPS) is 49.6. The maximum atomic E-state index is 11.3. The summed E-state index contributed by atoms with van der Waals surface area (Å²) in [4.78, 5) is 11.4. The van der Waals surface area contributed by atoms with Crippen LogP contribution in [-0.2, 0) is 4.79 Å². The van der Waals surface area contributed by atoms with Gasteiger partial charge in [0.15, 0.2) is 0 Å². The van der Waals surface area contributed by atoms with Crippen LogP contribution >= 0.6 is 31.9 Å². The highest BCUT2D eigenvalue weighted by atomic mass is 79.9. The van der Waals surface area contributed by atoms with Crippen molar-refractivity contribution in [3.8, 4) is 0 Å². The zero-order valence-corrected chi connectivity index (χ0v) is 12.6. The highest BCUT2D eigenvalue weighted by Gasteiger charge is 2.73. The van der Waals surface area contributed by atoms with E-state index in [1.165, 1.54) is 0 Å². The highest BCUT2D eigenvalue weighted by molar-refractivity contribution is 9.12. The highest BCUT2D eigenvalue weighted by Crippen LogP contribution is 2.72. The maximum Gasteiger partial charge on any atom is 0.218 e. The van der Waals surface area contributed by atoms with Crippen molar-refractivity contribution in [2.75, 3.05) is 0 Å². The van der Waals surface area contributed by atoms with Gasteiger partial charge < -0.3 is 10.8 Å². The summed E-state index contributed by atoms with van der Waals surface area (Å²) in [5, 5.41) is 10.4. The summed E-state index contributed by atoms with van der Waals surface area (Å²) in [6, 6.07) is 0. The van der Waals surface area contributed by atoms with Crippen molar-refractivity contribution >= 4 is 37.8 Å². The number of halogens is 2. The van der Waals surface area contributed by atoms with Gasteiger partial charge in [-0.2, -0.15) is 0 Å². The van der Waals surface area contributed by atoms with E-state index in [9.17, 15) is 9.90 Å². The molecule has 0 heterocycles. The zero-order chi connectivity index (χ0) is 12.4. The van der Waals surface area contributed by atoms with Crippen LogP contribution in [0.15, 0.2) is 0 Å². The van der Waals surface area contributed by atoms with Crippen LogP contribution in [0, 0.1) is 10.8 Å². The van der Waals surface area contributed by atoms with Gasteiger partial charge >= 0.3 is 0 Å². The Hall–Kier alpha value is 0.390. The lowest BCUT2D eigenvalue weighted by atomic mass is 9.62. The van der Waals surface area contributed by atoms with E-state index < -0.39 is 6.10 Å². The number of rotatable bonds is 2. The summed E-state index contributed by atoms with van der Waals surface area (Å²) in [6.07, 6.45) is 1.67. The first-order chi connectivity index (χ1) is 7.18. The third-order valence-electron chi connectivity index (χ3n) is 4.77. The molecule has 16 heavy (non-hydrogen) atoms. The molecule has 3 N–H and O–H groups in total. The van der Waals surface area contributed by atoms with Crippen LogP contribution in [0.3, 0.4) is 0 Å². The lowest BCUT2D eigenvalue weighted by Crippen LogP contribution is -2.47. The number of alkyl halides is 2. The third kappa shape index (κ3) is 1.25. The SMILES string of the molecule is CC1(C)[C@H](O)[C@@]2(Br)CC[C@]1(CC(N)=O)[C@H]2Br. The molecule has 2 aliphatic rings. The molecule has 5 heteroatoms. The van der Waals surface area contributed by atoms with Crippen molar-refractivity contribution in [2.45, 2.75) is 48.4 Å². The maximum absolute atomic E-state index is 11.3. The van der Waals surface area contributed by atoms with Gasteiger partial charge in [0.05, 0.1) is 10.4 Å². The standard InChI is InChI=1S/C11H17Br2NO2/c1-9(2)8(16)11(13)4-3-10(9,7(11)12)5-6(14)15/h7-8,16H,3-5H2,1-2H3,(H2,14,15)/t7-,8+,10+,11-/m1/s1. The molecule has 0 aromatic heterocycles. The number of aliphatic hydroxyl groups is 1. The van der Waals surface area contributed by atoms with E-state index >= 15 is 0 Å². The molecule has 0 spiro atoms. The summed E-state index contributed by atoms with van der Waals surface area (Å²) in [6.45, 7) is 4.05. The van der Waals surface area contributed by atoms with Crippen LogP contribution in [0.5, 0.6) is 0 Å². The first-order valence-electron chi connectivity index (χ1n) is 5.48. The van der Waals surface area contributed by atoms with Gasteiger partial charge in [0.2, 0.25) is 5.91 Å². The Morgan fingerprint density at radius 2 is 2.06 bits per heavy atom. The van der Waals surface area contributed by atoms with Crippen LogP contribution in [0.2, 0.25) is 0 Å². The molecule has 0 aromatic carbocycles. The molecule has 2 saturated carbocycles. The average Bonchev–Trinajstić information content (AvgIpc) is 2.46. The number of hydrogen-bond donors (Lipinski definition) is 2. The van der Waals surface area contributed by atoms with Gasteiger partial charge in [-0.05, 0) is 18.3 Å². The van der Waals surface area contributed by atoms with Crippen molar-refractivity contribution in [1.82, 2.24) is 0 Å². The average molecular weight is 355 g/mol. The molecule has 3 nitrogen and oxygen atoms in total. The lowest BCUT2D eigenvalue weighted by Gasteiger charge is -2.45. The number of hydrogen-bond acceptors (Lipinski definition) is 2. The molecule has 2 rings (SSSR count). The minimum absolute atomic E-state index is 0.0880. The molecule has 4 atom stereocenters. The van der Waals surface area contributed by atoms with Gasteiger partial charge in [-0.1, -0.05) is 45.7 Å². The van der Waals surface area contributed by atoms with Gasteiger partial charge in [-0.15, -0.1) is 0 Å². The first-order valence-corrected chi connectivity index (χ1v) is 7.19. The molecule has 0 saturated heterocycles. The van der Waals surface area contributed by atoms with E-state index in [0.717, 1.165) is 12.8 Å². The lowest BCUT2D eigenvalue weighted by molar-refractivity contribution is -0.123. The minimum atomic E-state index is -0.461. The summed E-state index contributed by atoms with van der Waals surface area (Å²) >= 11 is 7.34. The summed E-state index contributed by atoms with van der Waals surface area (Å²) in [7, 11) is 0. The number of aliphatic hydroxyl groups excluding tert-OH is 1. The largest absolute Gasteiger partial charge is 0.391 e. The van der Waals surface area contributed by atoms with Gasteiger partial charge in [-0.25, -0.2) is 0 Å². The van der Waals surface area contributed by atoms with Crippen molar-refractivity contribution in [3.63, 3.8) is 0 Å². The fraction of sp³-hybridized carbons (Fsp3) is 0.909. The Balaban J connectivity index is 2.48. The van der Waals surface area contributed by atoms with E-state index in [0.29, 0.717) is 6.42 Å². The number of amides is 1. The van der Waals surface area contributed by atoms with Crippen molar-refractivity contribution in [3.05, 3.63) is 0 Å². The molecule has 0 aromatic rings. The van der Waals surface area contributed by atoms with E-state index in [-0.39, 0.29) is 25.9 Å². The summed E-state index contributed by atoms with van der Waals surface area (Å²) in [5.41, 5.74) is 4.82. The van der Waals surface area contributed by atoms with Crippen molar-refractivity contribution in [1.29, 1.82) is 0 Å². The summed E-state index contributed by atoms with van der Waals surface area (Å²) in [5.74, 6) is -0.289. The second-order valence-electron chi connectivity index (χ2n) is 5.71. The number of carbonyl (C=O) groups excluding carboxylic acids is 1. The van der Waals surface area contributed by atoms with Gasteiger partial charge in [-0.3, -0.25) is 4.79 Å². The summed E-state index contributed by atoms with van der Waals surface area (Å²) < 4.78 is -0.314. The van der Waals surface area contributed by atoms with Crippen LogP contribution in [0.4, 0.5) is 0 Å². The third-order valence-corrected chi connectivity index (χ3v) is 8.37. The Labute approximate surface area is 112 Å². The van der Waals surface area contributed by atoms with Crippen LogP contribution in [-0.4, -0.2) is 26.3 Å². The molecule has 0 radical (unpaired) electrons. The van der Waals surface area contributed by atoms with E-state index in [1.54, 1.807) is 0 Å². The predicted molar refractivity (Wildman–Crippen MR) is 69.6 cm³/mol. The van der Waals surface area contributed by atoms with E-state index in [1.807, 2.05) is 13.8 Å². The molecule has 0 aliphatic heterocycles. The van der Waals surface area contributed by atoms with Crippen molar-refractivity contribution < 1.29 is 9.90 Å². The van der Waals surface area contributed by atoms with Crippen LogP contribution < -0.4 is 5.73 Å². The molecule has 2 fully saturated rings. The Bertz CT molecular complexity index is 347. The number of primary amides is 1. The molecular formula is C11H17Br2NO2. The second kappa shape index (κ2) is 3.45. The fourth-order valence-corrected chi connectivity index (χ4v) is 6.31. The van der Waals surface area contributed by atoms with E-state index in [4.69, 9.17) is 5.73 Å². The van der Waals surface area contributed by atoms with Gasteiger partial charge in [0.1, 0.15) is 0 Å². The number of carbonyl (C=O) groups is 1. The minimum Gasteiger partial charge on any atom is -0.391 e. The number of fused-ring (bicyclic) bond motifs is 2. The molecule has 2 bridgehead atoms. The molecule has 1 amide bonds.